The zero-order valence-corrected chi connectivity index (χ0v) is 16.9. The minimum absolute atomic E-state index is 0.0807. The number of hydrogen-bond donors (Lipinski definition) is 1. The SMILES string of the molecule is COC(=O)C1=C(C)NC(C)=C(C(=O)OC)C1C(=O)O[C@H](C)C(=O)c1ccccc1. The number of benzene rings is 1. The maximum absolute atomic E-state index is 13.0. The Hall–Kier alpha value is -3.42. The number of dihydropyridines is 1. The van der Waals surface area contributed by atoms with E-state index in [4.69, 9.17) is 14.2 Å². The molecule has 0 saturated heterocycles. The van der Waals surface area contributed by atoms with Gasteiger partial charge in [0.15, 0.2) is 6.10 Å². The maximum Gasteiger partial charge on any atom is 0.336 e. The van der Waals surface area contributed by atoms with Gasteiger partial charge in [-0.05, 0) is 20.8 Å². The van der Waals surface area contributed by atoms with Crippen LogP contribution in [0.4, 0.5) is 0 Å². The number of allylic oxidation sites excluding steroid dienone is 2. The predicted octanol–water partition coefficient (Wildman–Crippen LogP) is 1.91. The van der Waals surface area contributed by atoms with Gasteiger partial charge >= 0.3 is 17.9 Å². The number of nitrogens with one attached hydrogen (secondary N) is 1. The highest BCUT2D eigenvalue weighted by Gasteiger charge is 2.43. The van der Waals surface area contributed by atoms with Gasteiger partial charge < -0.3 is 19.5 Å². The first-order valence-corrected chi connectivity index (χ1v) is 8.87. The highest BCUT2D eigenvalue weighted by atomic mass is 16.6. The van der Waals surface area contributed by atoms with E-state index in [9.17, 15) is 19.2 Å². The van der Waals surface area contributed by atoms with Crippen LogP contribution in [0.2, 0.25) is 0 Å². The largest absolute Gasteiger partial charge is 0.466 e. The van der Waals surface area contributed by atoms with E-state index in [-0.39, 0.29) is 11.1 Å². The summed E-state index contributed by atoms with van der Waals surface area (Å²) in [6.07, 6.45) is -1.13. The number of hydrogen-bond acceptors (Lipinski definition) is 8. The smallest absolute Gasteiger partial charge is 0.336 e. The van der Waals surface area contributed by atoms with Crippen molar-refractivity contribution in [2.45, 2.75) is 26.9 Å². The van der Waals surface area contributed by atoms with Gasteiger partial charge in [0.2, 0.25) is 5.78 Å². The second-order valence-corrected chi connectivity index (χ2v) is 6.43. The van der Waals surface area contributed by atoms with E-state index in [0.717, 1.165) is 14.2 Å². The molecule has 0 amide bonds. The summed E-state index contributed by atoms with van der Waals surface area (Å²) in [5.41, 5.74) is 0.889. The molecule has 0 aliphatic carbocycles. The zero-order chi connectivity index (χ0) is 21.7. The molecule has 154 valence electrons. The van der Waals surface area contributed by atoms with Gasteiger partial charge in [0.05, 0.1) is 25.4 Å². The summed E-state index contributed by atoms with van der Waals surface area (Å²) in [7, 11) is 2.32. The summed E-state index contributed by atoms with van der Waals surface area (Å²) in [5, 5.41) is 2.88. The number of ketones is 1. The summed E-state index contributed by atoms with van der Waals surface area (Å²) in [4.78, 5) is 50.2. The molecule has 29 heavy (non-hydrogen) atoms. The molecular formula is C21H23NO7. The molecule has 1 N–H and O–H groups in total. The number of rotatable bonds is 6. The van der Waals surface area contributed by atoms with Crippen LogP contribution in [-0.4, -0.2) is 44.0 Å². The van der Waals surface area contributed by atoms with Gasteiger partial charge in [0.25, 0.3) is 0 Å². The number of esters is 3. The number of ether oxygens (including phenoxy) is 3. The van der Waals surface area contributed by atoms with Gasteiger partial charge in [-0.3, -0.25) is 9.59 Å². The minimum atomic E-state index is -1.39. The number of carbonyl (C=O) groups is 4. The lowest BCUT2D eigenvalue weighted by Crippen LogP contribution is -2.39. The van der Waals surface area contributed by atoms with E-state index in [0.29, 0.717) is 17.0 Å². The molecule has 0 radical (unpaired) electrons. The summed E-state index contributed by atoms with van der Waals surface area (Å²) in [5.74, 6) is -4.32. The number of Topliss-reactive ketones (excluding diaryl/α,β-unsaturated/α-hetero) is 1. The molecule has 1 aromatic carbocycles. The molecule has 0 saturated carbocycles. The van der Waals surface area contributed by atoms with Crippen molar-refractivity contribution < 1.29 is 33.4 Å². The molecule has 2 rings (SSSR count). The molecule has 8 heteroatoms. The Morgan fingerprint density at radius 1 is 0.897 bits per heavy atom. The van der Waals surface area contributed by atoms with Crippen molar-refractivity contribution in [3.05, 3.63) is 58.4 Å². The molecule has 0 aromatic heterocycles. The summed E-state index contributed by atoms with van der Waals surface area (Å²) >= 11 is 0. The van der Waals surface area contributed by atoms with Crippen molar-refractivity contribution >= 4 is 23.7 Å². The van der Waals surface area contributed by atoms with Crippen molar-refractivity contribution in [1.29, 1.82) is 0 Å². The average Bonchev–Trinajstić information content (AvgIpc) is 2.72. The van der Waals surface area contributed by atoms with Crippen molar-refractivity contribution in [2.24, 2.45) is 5.92 Å². The van der Waals surface area contributed by atoms with Crippen LogP contribution in [0.25, 0.3) is 0 Å². The normalized spacial score (nSPS) is 15.3. The second-order valence-electron chi connectivity index (χ2n) is 6.43. The van der Waals surface area contributed by atoms with Crippen molar-refractivity contribution in [3.63, 3.8) is 0 Å². The third kappa shape index (κ3) is 4.53. The van der Waals surface area contributed by atoms with Crippen LogP contribution in [0, 0.1) is 5.92 Å². The minimum Gasteiger partial charge on any atom is -0.466 e. The molecular weight excluding hydrogens is 378 g/mol. The summed E-state index contributed by atoms with van der Waals surface area (Å²) < 4.78 is 14.9. The molecule has 1 aliphatic heterocycles. The number of methoxy groups -OCH3 is 2. The first-order valence-electron chi connectivity index (χ1n) is 8.87. The molecule has 0 spiro atoms. The predicted molar refractivity (Wildman–Crippen MR) is 102 cm³/mol. The fraction of sp³-hybridized carbons (Fsp3) is 0.333. The van der Waals surface area contributed by atoms with Crippen LogP contribution < -0.4 is 5.32 Å². The third-order valence-corrected chi connectivity index (χ3v) is 4.53. The van der Waals surface area contributed by atoms with Crippen molar-refractivity contribution in [2.75, 3.05) is 14.2 Å². The Morgan fingerprint density at radius 3 is 1.83 bits per heavy atom. The zero-order valence-electron chi connectivity index (χ0n) is 16.9. The first-order chi connectivity index (χ1) is 13.7. The van der Waals surface area contributed by atoms with E-state index in [1.54, 1.807) is 44.2 Å². The van der Waals surface area contributed by atoms with Crippen LogP contribution in [-0.2, 0) is 28.6 Å². The third-order valence-electron chi connectivity index (χ3n) is 4.53. The average molecular weight is 401 g/mol. The summed E-state index contributed by atoms with van der Waals surface area (Å²) in [6.45, 7) is 4.57. The molecule has 0 bridgehead atoms. The van der Waals surface area contributed by atoms with E-state index in [2.05, 4.69) is 5.32 Å². The summed E-state index contributed by atoms with van der Waals surface area (Å²) in [6, 6.07) is 8.35. The maximum atomic E-state index is 13.0. The van der Waals surface area contributed by atoms with Crippen molar-refractivity contribution in [3.8, 4) is 0 Å². The fourth-order valence-electron chi connectivity index (χ4n) is 3.12. The second kappa shape index (κ2) is 9.18. The fourth-order valence-corrected chi connectivity index (χ4v) is 3.12. The quantitative estimate of drug-likeness (QED) is 0.438. The molecule has 1 aliphatic rings. The van der Waals surface area contributed by atoms with Crippen LogP contribution in [0.1, 0.15) is 31.1 Å². The monoisotopic (exact) mass is 401 g/mol. The van der Waals surface area contributed by atoms with Crippen LogP contribution >= 0.6 is 0 Å². The Kier molecular flexibility index (Phi) is 6.93. The van der Waals surface area contributed by atoms with Gasteiger partial charge in [-0.1, -0.05) is 30.3 Å². The van der Waals surface area contributed by atoms with E-state index in [1.807, 2.05) is 0 Å². The Morgan fingerprint density at radius 2 is 1.38 bits per heavy atom. The molecule has 0 fully saturated rings. The molecule has 8 nitrogen and oxygen atoms in total. The molecule has 0 unspecified atom stereocenters. The van der Waals surface area contributed by atoms with Crippen LogP contribution in [0.3, 0.4) is 0 Å². The topological polar surface area (TPSA) is 108 Å². The van der Waals surface area contributed by atoms with Gasteiger partial charge in [0.1, 0.15) is 5.92 Å². The van der Waals surface area contributed by atoms with E-state index >= 15 is 0 Å². The van der Waals surface area contributed by atoms with Gasteiger partial charge in [-0.2, -0.15) is 0 Å². The molecule has 1 heterocycles. The van der Waals surface area contributed by atoms with Crippen LogP contribution in [0.15, 0.2) is 52.9 Å². The lowest BCUT2D eigenvalue weighted by molar-refractivity contribution is -0.153. The molecule has 1 aromatic rings. The Bertz CT molecular complexity index is 861. The Labute approximate surface area is 168 Å². The van der Waals surface area contributed by atoms with Gasteiger partial charge in [-0.15, -0.1) is 0 Å². The Balaban J connectivity index is 2.40. The standard InChI is InChI=1S/C21H23NO7/c1-11-15(19(24)27-4)17(16(12(2)22-11)20(25)28-5)21(26)29-13(3)18(23)14-9-7-6-8-10-14/h6-10,13,17,22H,1-5H3/t13-/m1/s1. The molecule has 1 atom stereocenters. The number of carbonyl (C=O) groups excluding carboxylic acids is 4. The van der Waals surface area contributed by atoms with Gasteiger partial charge in [0, 0.05) is 17.0 Å². The van der Waals surface area contributed by atoms with Gasteiger partial charge in [-0.25, -0.2) is 9.59 Å². The lowest BCUT2D eigenvalue weighted by Gasteiger charge is -2.29. The van der Waals surface area contributed by atoms with Crippen LogP contribution in [0.5, 0.6) is 0 Å². The van der Waals surface area contributed by atoms with E-state index < -0.39 is 35.7 Å². The lowest BCUT2D eigenvalue weighted by atomic mass is 9.85. The first kappa shape index (κ1) is 21.9. The highest BCUT2D eigenvalue weighted by Crippen LogP contribution is 2.32. The van der Waals surface area contributed by atoms with Crippen molar-refractivity contribution in [1.82, 2.24) is 5.32 Å². The van der Waals surface area contributed by atoms with E-state index in [1.165, 1.54) is 6.92 Å². The highest BCUT2D eigenvalue weighted by molar-refractivity contribution is 6.06.